The maximum atomic E-state index is 14.6. The quantitative estimate of drug-likeness (QED) is 0.886. The van der Waals surface area contributed by atoms with Gasteiger partial charge in [-0.3, -0.25) is 9.69 Å². The van der Waals surface area contributed by atoms with E-state index in [9.17, 15) is 14.0 Å². The lowest BCUT2D eigenvalue weighted by atomic mass is 9.98. The molecule has 8 heteroatoms. The number of carbonyl (C=O) groups is 2. The van der Waals surface area contributed by atoms with Crippen LogP contribution in [-0.4, -0.2) is 56.5 Å². The van der Waals surface area contributed by atoms with Crippen LogP contribution in [0.25, 0.3) is 0 Å². The first kappa shape index (κ1) is 16.1. The highest BCUT2D eigenvalue weighted by Gasteiger charge is 2.39. The Hall–Kier alpha value is -2.35. The molecule has 0 aromatic heterocycles. The first-order chi connectivity index (χ1) is 12.0. The molecule has 4 fully saturated rings. The molecule has 4 heterocycles. The Kier molecular flexibility index (Phi) is 3.99. The number of hydrogen-bond acceptors (Lipinski definition) is 5. The van der Waals surface area contributed by atoms with Crippen molar-refractivity contribution in [3.05, 3.63) is 24.0 Å². The number of ether oxygens (including phenoxy) is 2. The Labute approximate surface area is 144 Å². The third kappa shape index (κ3) is 3.13. The molecule has 1 aromatic carbocycles. The van der Waals surface area contributed by atoms with Gasteiger partial charge >= 0.3 is 6.09 Å². The van der Waals surface area contributed by atoms with Crippen LogP contribution in [-0.2, 0) is 14.3 Å². The molecule has 0 saturated carbocycles. The van der Waals surface area contributed by atoms with Crippen LogP contribution in [0, 0.1) is 5.82 Å². The van der Waals surface area contributed by atoms with E-state index in [1.54, 1.807) is 12.1 Å². The number of cyclic esters (lactones) is 1. The predicted molar refractivity (Wildman–Crippen MR) is 88.2 cm³/mol. The summed E-state index contributed by atoms with van der Waals surface area (Å²) in [5, 5.41) is 2.62. The van der Waals surface area contributed by atoms with Crippen molar-refractivity contribution in [1.82, 2.24) is 5.32 Å². The van der Waals surface area contributed by atoms with Crippen LogP contribution in [0.15, 0.2) is 18.2 Å². The van der Waals surface area contributed by atoms with Gasteiger partial charge in [-0.2, -0.15) is 0 Å². The van der Waals surface area contributed by atoms with E-state index in [2.05, 4.69) is 5.32 Å². The summed E-state index contributed by atoms with van der Waals surface area (Å²) in [6.45, 7) is 3.31. The average molecular weight is 349 g/mol. The number of carbonyl (C=O) groups excluding carboxylic acids is 2. The topological polar surface area (TPSA) is 71.1 Å². The van der Waals surface area contributed by atoms with Crippen LogP contribution < -0.4 is 15.1 Å². The second-order valence-corrected chi connectivity index (χ2v) is 6.71. The zero-order chi connectivity index (χ0) is 17.6. The van der Waals surface area contributed by atoms with Gasteiger partial charge in [-0.15, -0.1) is 0 Å². The van der Waals surface area contributed by atoms with Crippen molar-refractivity contribution in [3.8, 4) is 0 Å². The van der Waals surface area contributed by atoms with E-state index in [1.807, 2.05) is 4.90 Å². The van der Waals surface area contributed by atoms with Gasteiger partial charge < -0.3 is 19.7 Å². The van der Waals surface area contributed by atoms with Gasteiger partial charge in [-0.1, -0.05) is 0 Å². The van der Waals surface area contributed by atoms with Crippen LogP contribution in [0.3, 0.4) is 0 Å². The minimum atomic E-state index is -0.532. The zero-order valence-corrected chi connectivity index (χ0v) is 13.9. The van der Waals surface area contributed by atoms with Gasteiger partial charge in [0.25, 0.3) is 0 Å². The lowest BCUT2D eigenvalue weighted by Crippen LogP contribution is -2.57. The third-order valence-electron chi connectivity index (χ3n) is 4.80. The molecule has 4 saturated heterocycles. The molecular formula is C17H20FN3O4. The minimum Gasteiger partial charge on any atom is -0.442 e. The number of morpholine rings is 1. The van der Waals surface area contributed by atoms with E-state index in [-0.39, 0.29) is 37.0 Å². The SMILES string of the molecule is CC(=O)NCC1CN(c2ccc(N3CC4CC(C3)O4)c(F)c2)C(=O)O1. The Morgan fingerprint density at radius 1 is 1.32 bits per heavy atom. The fourth-order valence-corrected chi connectivity index (χ4v) is 3.57. The van der Waals surface area contributed by atoms with Gasteiger partial charge in [0.2, 0.25) is 5.91 Å². The number of nitrogens with one attached hydrogen (secondary N) is 1. The number of nitrogens with zero attached hydrogens (tertiary/aromatic N) is 2. The highest BCUT2D eigenvalue weighted by atomic mass is 19.1. The van der Waals surface area contributed by atoms with Gasteiger partial charge in [-0.25, -0.2) is 9.18 Å². The van der Waals surface area contributed by atoms with Gasteiger partial charge in [0.15, 0.2) is 0 Å². The fourth-order valence-electron chi connectivity index (χ4n) is 3.57. The van der Waals surface area contributed by atoms with E-state index in [1.165, 1.54) is 17.9 Å². The van der Waals surface area contributed by atoms with Crippen LogP contribution in [0.1, 0.15) is 13.3 Å². The van der Waals surface area contributed by atoms with E-state index in [4.69, 9.17) is 9.47 Å². The van der Waals surface area contributed by atoms with E-state index < -0.39 is 12.2 Å². The minimum absolute atomic E-state index is 0.187. The maximum Gasteiger partial charge on any atom is 0.414 e. The molecule has 2 bridgehead atoms. The number of rotatable bonds is 4. The lowest BCUT2D eigenvalue weighted by Gasteiger charge is -2.48. The van der Waals surface area contributed by atoms with Crippen molar-refractivity contribution in [1.29, 1.82) is 0 Å². The molecule has 2 amide bonds. The molecule has 1 N–H and O–H groups in total. The fraction of sp³-hybridized carbons (Fsp3) is 0.529. The molecule has 7 nitrogen and oxygen atoms in total. The van der Waals surface area contributed by atoms with E-state index in [0.717, 1.165) is 6.42 Å². The highest BCUT2D eigenvalue weighted by molar-refractivity contribution is 5.90. The first-order valence-electron chi connectivity index (χ1n) is 8.42. The van der Waals surface area contributed by atoms with Crippen molar-refractivity contribution in [2.75, 3.05) is 36.0 Å². The number of anilines is 2. The van der Waals surface area contributed by atoms with Gasteiger partial charge in [-0.05, 0) is 18.2 Å². The molecule has 1 aromatic rings. The van der Waals surface area contributed by atoms with Crippen LogP contribution in [0.2, 0.25) is 0 Å². The smallest absolute Gasteiger partial charge is 0.414 e. The van der Waals surface area contributed by atoms with Crippen molar-refractivity contribution in [3.63, 3.8) is 0 Å². The van der Waals surface area contributed by atoms with Crippen LogP contribution in [0.4, 0.5) is 20.6 Å². The zero-order valence-electron chi connectivity index (χ0n) is 13.9. The lowest BCUT2D eigenvalue weighted by molar-refractivity contribution is -0.133. The molecule has 0 spiro atoms. The number of halogens is 1. The molecule has 0 aliphatic carbocycles. The molecule has 4 aliphatic heterocycles. The summed E-state index contributed by atoms with van der Waals surface area (Å²) in [7, 11) is 0. The summed E-state index contributed by atoms with van der Waals surface area (Å²) in [5.74, 6) is -0.551. The summed E-state index contributed by atoms with van der Waals surface area (Å²) < 4.78 is 25.4. The molecule has 3 atom stereocenters. The summed E-state index contributed by atoms with van der Waals surface area (Å²) in [6, 6.07) is 4.78. The van der Waals surface area contributed by atoms with Crippen LogP contribution >= 0.6 is 0 Å². The first-order valence-corrected chi connectivity index (χ1v) is 8.42. The van der Waals surface area contributed by atoms with Gasteiger partial charge in [0.05, 0.1) is 36.7 Å². The summed E-state index contributed by atoms with van der Waals surface area (Å²) >= 11 is 0. The van der Waals surface area contributed by atoms with E-state index in [0.29, 0.717) is 24.5 Å². The number of hydrogen-bond donors (Lipinski definition) is 1. The van der Waals surface area contributed by atoms with Crippen LogP contribution in [0.5, 0.6) is 0 Å². The highest BCUT2D eigenvalue weighted by Crippen LogP contribution is 2.34. The van der Waals surface area contributed by atoms with E-state index >= 15 is 0 Å². The Bertz CT molecular complexity index is 697. The molecule has 0 radical (unpaired) electrons. The molecule has 4 aliphatic rings. The summed E-state index contributed by atoms with van der Waals surface area (Å²) in [4.78, 5) is 26.4. The number of fused-ring (bicyclic) bond motifs is 2. The monoisotopic (exact) mass is 349 g/mol. The largest absolute Gasteiger partial charge is 0.442 e. The number of benzene rings is 1. The predicted octanol–water partition coefficient (Wildman–Crippen LogP) is 1.26. The number of amides is 2. The van der Waals surface area contributed by atoms with Gasteiger partial charge in [0.1, 0.15) is 11.9 Å². The molecular weight excluding hydrogens is 329 g/mol. The Morgan fingerprint density at radius 2 is 2.04 bits per heavy atom. The second-order valence-electron chi connectivity index (χ2n) is 6.71. The van der Waals surface area contributed by atoms with Crippen molar-refractivity contribution in [2.24, 2.45) is 0 Å². The number of piperidine rings is 1. The summed E-state index contributed by atoms with van der Waals surface area (Å²) in [5.41, 5.74) is 0.985. The maximum absolute atomic E-state index is 14.6. The third-order valence-corrected chi connectivity index (χ3v) is 4.80. The van der Waals surface area contributed by atoms with Crippen molar-refractivity contribution in [2.45, 2.75) is 31.7 Å². The second kappa shape index (κ2) is 6.18. The standard InChI is InChI=1S/C17H20FN3O4/c1-10(22)19-6-14-9-21(17(23)25-14)11-2-3-16(15(18)4-11)20-7-12-5-13(8-20)24-12/h2-4,12-14H,5-9H2,1H3,(H,19,22). The molecule has 3 unspecified atom stereocenters. The Balaban J connectivity index is 1.45. The van der Waals surface area contributed by atoms with Crippen molar-refractivity contribution >= 4 is 23.4 Å². The normalized spacial score (nSPS) is 27.8. The molecule has 5 rings (SSSR count). The summed E-state index contributed by atoms with van der Waals surface area (Å²) in [6.07, 6.45) is 0.466. The average Bonchev–Trinajstić information content (AvgIpc) is 2.93. The van der Waals surface area contributed by atoms with Crippen molar-refractivity contribution < 1.29 is 23.5 Å². The Morgan fingerprint density at radius 3 is 2.68 bits per heavy atom. The molecule has 134 valence electrons. The molecule has 25 heavy (non-hydrogen) atoms. The van der Waals surface area contributed by atoms with Gasteiger partial charge in [0, 0.05) is 26.4 Å².